The van der Waals surface area contributed by atoms with Crippen molar-refractivity contribution >= 4 is 111 Å². The van der Waals surface area contributed by atoms with Gasteiger partial charge in [0.25, 0.3) is 6.71 Å². The average molecular weight is 1050 g/mol. The standard InChI is InChI=1S/C76H69BN4/c1-73(2,3)56-40-57(74(4,5)6)43-60(42-56)80-66-36-53-32-49-26-18-16-24-47(49)30-51(53)34-63(66)77-64-35-52-31-48-25-17-19-27-50(48)33-54(52)37-67(64)81(61-44-58(75(7,8)9)41-59(45-61)76(10,11)12)69-39-55(38-68(80)70(69)77)72-78-65-29-21-20-28-62(65)71(79-72)46-22-14-13-15-23-46/h13-45H,1-12H3. The second-order valence-corrected chi connectivity index (χ2v) is 27.3. The summed E-state index contributed by atoms with van der Waals surface area (Å²) in [4.78, 5) is 16.5. The minimum atomic E-state index is -0.147. The van der Waals surface area contributed by atoms with E-state index in [-0.39, 0.29) is 28.4 Å². The fraction of sp³-hybridized carbons (Fsp3) is 0.211. The van der Waals surface area contributed by atoms with Crippen molar-refractivity contribution in [1.29, 1.82) is 0 Å². The van der Waals surface area contributed by atoms with E-state index in [9.17, 15) is 0 Å². The zero-order valence-electron chi connectivity index (χ0n) is 48.9. The summed E-state index contributed by atoms with van der Waals surface area (Å²) in [6, 6.07) is 76.0. The van der Waals surface area contributed by atoms with Crippen molar-refractivity contribution in [3.05, 3.63) is 222 Å². The van der Waals surface area contributed by atoms with E-state index >= 15 is 0 Å². The average Bonchev–Trinajstić information content (AvgIpc) is 3.44. The minimum absolute atomic E-state index is 0.128. The van der Waals surface area contributed by atoms with Crippen molar-refractivity contribution in [2.75, 3.05) is 9.80 Å². The molecule has 0 fully saturated rings. The maximum Gasteiger partial charge on any atom is 0.252 e. The molecule has 5 heteroatoms. The number of hydrogen-bond acceptors (Lipinski definition) is 4. The Kier molecular flexibility index (Phi) is 11.3. The summed E-state index contributed by atoms with van der Waals surface area (Å²) in [5, 5.41) is 10.8. The SMILES string of the molecule is CC(C)(C)c1cc(N2c3cc4cc5ccccc5cc4cc3B3c4cc5cc6ccccc6cc5cc4N(c4cc(C(C)(C)C)cc(C(C)(C)C)c4)c4cc(-c5nc(-c6ccccc6)c6ccccc6n5)cc2c43)cc(C(C)(C)C)c1. The lowest BCUT2D eigenvalue weighted by Crippen LogP contribution is -2.61. The Balaban J connectivity index is 1.18. The molecule has 1 aromatic heterocycles. The topological polar surface area (TPSA) is 32.3 Å². The minimum Gasteiger partial charge on any atom is -0.311 e. The molecule has 14 rings (SSSR count). The van der Waals surface area contributed by atoms with Crippen molar-refractivity contribution in [3.63, 3.8) is 0 Å². The Hall–Kier alpha value is -8.54. The molecule has 396 valence electrons. The summed E-state index contributed by atoms with van der Waals surface area (Å²) < 4.78 is 0. The molecule has 81 heavy (non-hydrogen) atoms. The van der Waals surface area contributed by atoms with Gasteiger partial charge in [0.15, 0.2) is 5.82 Å². The third-order valence-corrected chi connectivity index (χ3v) is 17.4. The molecule has 0 amide bonds. The van der Waals surface area contributed by atoms with Gasteiger partial charge in [-0.25, -0.2) is 9.97 Å². The fourth-order valence-corrected chi connectivity index (χ4v) is 12.8. The largest absolute Gasteiger partial charge is 0.311 e. The van der Waals surface area contributed by atoms with Gasteiger partial charge in [-0.2, -0.15) is 0 Å². The van der Waals surface area contributed by atoms with Crippen LogP contribution in [-0.4, -0.2) is 16.7 Å². The van der Waals surface area contributed by atoms with Gasteiger partial charge in [-0.1, -0.05) is 204 Å². The van der Waals surface area contributed by atoms with E-state index in [0.29, 0.717) is 5.82 Å². The number of anilines is 6. The summed E-state index contributed by atoms with van der Waals surface area (Å²) >= 11 is 0. The molecule has 0 spiro atoms. The van der Waals surface area contributed by atoms with Crippen molar-refractivity contribution in [2.45, 2.75) is 105 Å². The van der Waals surface area contributed by atoms with Crippen molar-refractivity contribution in [1.82, 2.24) is 9.97 Å². The highest BCUT2D eigenvalue weighted by atomic mass is 15.2. The predicted molar refractivity (Wildman–Crippen MR) is 349 cm³/mol. The Morgan fingerprint density at radius 2 is 0.704 bits per heavy atom. The second kappa shape index (κ2) is 18.0. The Morgan fingerprint density at radius 3 is 1.12 bits per heavy atom. The molecule has 0 aliphatic carbocycles. The van der Waals surface area contributed by atoms with Crippen LogP contribution in [0.3, 0.4) is 0 Å². The van der Waals surface area contributed by atoms with Crippen LogP contribution >= 0.6 is 0 Å². The van der Waals surface area contributed by atoms with Crippen LogP contribution in [0, 0.1) is 0 Å². The number of benzene rings is 11. The van der Waals surface area contributed by atoms with Crippen LogP contribution in [0.25, 0.3) is 76.6 Å². The van der Waals surface area contributed by atoms with E-state index in [1.165, 1.54) is 93.1 Å². The van der Waals surface area contributed by atoms with Crippen molar-refractivity contribution < 1.29 is 0 Å². The number of para-hydroxylation sites is 1. The highest BCUT2D eigenvalue weighted by Crippen LogP contribution is 2.50. The molecule has 3 heterocycles. The molecule has 0 radical (unpaired) electrons. The summed E-state index contributed by atoms with van der Waals surface area (Å²) in [6.07, 6.45) is 0. The molecule has 0 unspecified atom stereocenters. The Morgan fingerprint density at radius 1 is 0.321 bits per heavy atom. The normalized spacial score (nSPS) is 13.6. The van der Waals surface area contributed by atoms with Crippen LogP contribution in [0.5, 0.6) is 0 Å². The molecular formula is C76H69BN4. The third-order valence-electron chi connectivity index (χ3n) is 17.4. The molecule has 0 bridgehead atoms. The van der Waals surface area contributed by atoms with E-state index in [1.807, 2.05) is 0 Å². The van der Waals surface area contributed by atoms with E-state index in [0.717, 1.165) is 50.5 Å². The van der Waals surface area contributed by atoms with E-state index in [4.69, 9.17) is 9.97 Å². The molecule has 12 aromatic rings. The molecule has 4 nitrogen and oxygen atoms in total. The molecule has 0 saturated carbocycles. The molecule has 2 aliphatic rings. The van der Waals surface area contributed by atoms with E-state index in [2.05, 4.69) is 293 Å². The van der Waals surface area contributed by atoms with Gasteiger partial charge in [0, 0.05) is 50.6 Å². The van der Waals surface area contributed by atoms with Crippen molar-refractivity contribution in [2.24, 2.45) is 0 Å². The first-order chi connectivity index (χ1) is 38.6. The van der Waals surface area contributed by atoms with Gasteiger partial charge in [-0.15, -0.1) is 0 Å². The highest BCUT2D eigenvalue weighted by molar-refractivity contribution is 7.00. The van der Waals surface area contributed by atoms with Crippen LogP contribution in [-0.2, 0) is 21.7 Å². The lowest BCUT2D eigenvalue weighted by Gasteiger charge is -2.45. The molecular weight excluding hydrogens is 980 g/mol. The number of aromatic nitrogens is 2. The highest BCUT2D eigenvalue weighted by Gasteiger charge is 2.45. The number of nitrogens with zero attached hydrogens (tertiary/aromatic N) is 4. The third kappa shape index (κ3) is 8.58. The zero-order chi connectivity index (χ0) is 56.1. The maximum absolute atomic E-state index is 5.66. The summed E-state index contributed by atoms with van der Waals surface area (Å²) in [6.45, 7) is 28.0. The predicted octanol–water partition coefficient (Wildman–Crippen LogP) is 18.8. The van der Waals surface area contributed by atoms with E-state index < -0.39 is 0 Å². The first kappa shape index (κ1) is 50.7. The number of rotatable bonds is 4. The van der Waals surface area contributed by atoms with Gasteiger partial charge in [-0.05, 0) is 182 Å². The van der Waals surface area contributed by atoms with Gasteiger partial charge in [0.2, 0.25) is 0 Å². The van der Waals surface area contributed by atoms with E-state index in [1.54, 1.807) is 0 Å². The Labute approximate surface area is 478 Å². The first-order valence-corrected chi connectivity index (χ1v) is 29.0. The van der Waals surface area contributed by atoms with Crippen LogP contribution in [0.1, 0.15) is 105 Å². The smallest absolute Gasteiger partial charge is 0.252 e. The monoisotopic (exact) mass is 1050 g/mol. The van der Waals surface area contributed by atoms with Crippen LogP contribution < -0.4 is 26.2 Å². The quantitative estimate of drug-likeness (QED) is 0.130. The van der Waals surface area contributed by atoms with Crippen molar-refractivity contribution in [3.8, 4) is 22.6 Å². The van der Waals surface area contributed by atoms with Gasteiger partial charge < -0.3 is 9.80 Å². The zero-order valence-corrected chi connectivity index (χ0v) is 48.9. The summed E-state index contributed by atoms with van der Waals surface area (Å²) in [5.74, 6) is 0.687. The Bertz CT molecular complexity index is 4290. The first-order valence-electron chi connectivity index (χ1n) is 29.0. The molecule has 0 N–H and O–H groups in total. The van der Waals surface area contributed by atoms with Gasteiger partial charge in [0.1, 0.15) is 0 Å². The molecule has 2 aliphatic heterocycles. The number of hydrogen-bond donors (Lipinski definition) is 0. The lowest BCUT2D eigenvalue weighted by molar-refractivity contribution is 0.568. The van der Waals surface area contributed by atoms with Crippen LogP contribution in [0.4, 0.5) is 34.1 Å². The van der Waals surface area contributed by atoms with Gasteiger partial charge >= 0.3 is 0 Å². The molecule has 0 saturated heterocycles. The number of fused-ring (bicyclic) bond motifs is 9. The molecule has 11 aromatic carbocycles. The van der Waals surface area contributed by atoms with Crippen LogP contribution in [0.2, 0.25) is 0 Å². The fourth-order valence-electron chi connectivity index (χ4n) is 12.8. The second-order valence-electron chi connectivity index (χ2n) is 27.3. The summed E-state index contributed by atoms with van der Waals surface area (Å²) in [7, 11) is 0. The maximum atomic E-state index is 5.66. The lowest BCUT2D eigenvalue weighted by atomic mass is 9.33. The summed E-state index contributed by atoms with van der Waals surface area (Å²) in [5.41, 5.74) is 19.3. The van der Waals surface area contributed by atoms with Gasteiger partial charge in [-0.3, -0.25) is 0 Å². The molecule has 0 atom stereocenters. The van der Waals surface area contributed by atoms with Gasteiger partial charge in [0.05, 0.1) is 11.2 Å². The van der Waals surface area contributed by atoms with Crippen LogP contribution in [0.15, 0.2) is 200 Å².